The highest BCUT2D eigenvalue weighted by atomic mass is 16.5. The number of carboxylic acids is 1. The average molecular weight is 273 g/mol. The molecule has 1 fully saturated rings. The van der Waals surface area contributed by atoms with E-state index in [1.165, 1.54) is 13.2 Å². The lowest BCUT2D eigenvalue weighted by Gasteiger charge is -2.16. The SMILES string of the molecule is COc1cccc2c(=O)cc(C(=O)O)n(CC3CC3)c12. The Morgan fingerprint density at radius 2 is 2.20 bits per heavy atom. The number of methoxy groups -OCH3 is 1. The molecule has 1 heterocycles. The molecule has 0 saturated heterocycles. The van der Waals surface area contributed by atoms with E-state index in [4.69, 9.17) is 4.74 Å². The Balaban J connectivity index is 2.38. The molecule has 0 radical (unpaired) electrons. The van der Waals surface area contributed by atoms with Crippen molar-refractivity contribution in [2.24, 2.45) is 5.92 Å². The van der Waals surface area contributed by atoms with Crippen LogP contribution in [0.5, 0.6) is 5.75 Å². The van der Waals surface area contributed by atoms with Gasteiger partial charge in [0.1, 0.15) is 11.4 Å². The normalized spacial score (nSPS) is 14.4. The second-order valence-electron chi connectivity index (χ2n) is 5.11. The third-order valence-electron chi connectivity index (χ3n) is 3.67. The Labute approximate surface area is 115 Å². The molecule has 3 rings (SSSR count). The third kappa shape index (κ3) is 2.05. The van der Waals surface area contributed by atoms with Gasteiger partial charge >= 0.3 is 5.97 Å². The Morgan fingerprint density at radius 1 is 1.45 bits per heavy atom. The van der Waals surface area contributed by atoms with E-state index in [0.717, 1.165) is 12.8 Å². The van der Waals surface area contributed by atoms with E-state index in [1.807, 2.05) is 0 Å². The summed E-state index contributed by atoms with van der Waals surface area (Å²) in [6, 6.07) is 6.39. The van der Waals surface area contributed by atoms with Gasteiger partial charge in [0.2, 0.25) is 0 Å². The quantitative estimate of drug-likeness (QED) is 0.926. The van der Waals surface area contributed by atoms with Gasteiger partial charge in [-0.1, -0.05) is 6.07 Å². The zero-order valence-electron chi connectivity index (χ0n) is 11.1. The van der Waals surface area contributed by atoms with Crippen LogP contribution in [0.3, 0.4) is 0 Å². The molecule has 20 heavy (non-hydrogen) atoms. The van der Waals surface area contributed by atoms with Gasteiger partial charge < -0.3 is 14.4 Å². The van der Waals surface area contributed by atoms with Crippen LogP contribution in [-0.2, 0) is 6.54 Å². The number of pyridine rings is 1. The Kier molecular flexibility index (Phi) is 2.97. The molecule has 1 aromatic carbocycles. The molecule has 0 atom stereocenters. The minimum Gasteiger partial charge on any atom is -0.495 e. The number of hydrogen-bond acceptors (Lipinski definition) is 3. The van der Waals surface area contributed by atoms with E-state index >= 15 is 0 Å². The second kappa shape index (κ2) is 4.67. The topological polar surface area (TPSA) is 68.5 Å². The number of fused-ring (bicyclic) bond motifs is 1. The number of hydrogen-bond donors (Lipinski definition) is 1. The summed E-state index contributed by atoms with van der Waals surface area (Å²) >= 11 is 0. The molecule has 0 bridgehead atoms. The van der Waals surface area contributed by atoms with E-state index in [1.54, 1.807) is 22.8 Å². The summed E-state index contributed by atoms with van der Waals surface area (Å²) in [6.07, 6.45) is 2.20. The van der Waals surface area contributed by atoms with Crippen molar-refractivity contribution in [3.63, 3.8) is 0 Å². The maximum absolute atomic E-state index is 12.1. The first-order chi connectivity index (χ1) is 9.61. The second-order valence-corrected chi connectivity index (χ2v) is 5.11. The minimum atomic E-state index is -1.09. The number of nitrogens with zero attached hydrogens (tertiary/aromatic N) is 1. The van der Waals surface area contributed by atoms with Crippen molar-refractivity contribution in [1.82, 2.24) is 4.57 Å². The highest BCUT2D eigenvalue weighted by Gasteiger charge is 2.26. The molecule has 0 aliphatic heterocycles. The average Bonchev–Trinajstić information content (AvgIpc) is 3.24. The molecular weight excluding hydrogens is 258 g/mol. The number of carbonyl (C=O) groups is 1. The Hall–Kier alpha value is -2.30. The molecule has 0 amide bonds. The molecule has 0 spiro atoms. The van der Waals surface area contributed by atoms with Crippen molar-refractivity contribution in [1.29, 1.82) is 0 Å². The number of rotatable bonds is 4. The Morgan fingerprint density at radius 3 is 2.80 bits per heavy atom. The maximum Gasteiger partial charge on any atom is 0.352 e. The van der Waals surface area contributed by atoms with E-state index in [2.05, 4.69) is 0 Å². The molecule has 1 aliphatic rings. The maximum atomic E-state index is 12.1. The van der Waals surface area contributed by atoms with E-state index in [9.17, 15) is 14.7 Å². The fourth-order valence-electron chi connectivity index (χ4n) is 2.49. The highest BCUT2D eigenvalue weighted by molar-refractivity contribution is 5.92. The van der Waals surface area contributed by atoms with Gasteiger partial charge in [-0.05, 0) is 30.9 Å². The van der Waals surface area contributed by atoms with Gasteiger partial charge in [-0.15, -0.1) is 0 Å². The molecule has 2 aromatic rings. The summed E-state index contributed by atoms with van der Waals surface area (Å²) < 4.78 is 7.01. The highest BCUT2D eigenvalue weighted by Crippen LogP contribution is 2.33. The fourth-order valence-corrected chi connectivity index (χ4v) is 2.49. The lowest BCUT2D eigenvalue weighted by atomic mass is 10.1. The van der Waals surface area contributed by atoms with Crippen LogP contribution in [0.2, 0.25) is 0 Å². The summed E-state index contributed by atoms with van der Waals surface area (Å²) in [7, 11) is 1.52. The van der Waals surface area contributed by atoms with Crippen LogP contribution in [0.25, 0.3) is 10.9 Å². The van der Waals surface area contributed by atoms with Crippen LogP contribution < -0.4 is 10.2 Å². The van der Waals surface area contributed by atoms with Crippen LogP contribution in [-0.4, -0.2) is 22.8 Å². The standard InChI is InChI=1S/C15H15NO4/c1-20-13-4-2-3-10-12(17)7-11(15(18)19)16(14(10)13)8-9-5-6-9/h2-4,7,9H,5-6,8H2,1H3,(H,18,19). The number of ether oxygens (including phenoxy) is 1. The largest absolute Gasteiger partial charge is 0.495 e. The van der Waals surface area contributed by atoms with Crippen LogP contribution in [0, 0.1) is 5.92 Å². The number of para-hydroxylation sites is 1. The summed E-state index contributed by atoms with van der Waals surface area (Å²) in [4.78, 5) is 23.5. The van der Waals surface area contributed by atoms with Crippen LogP contribution in [0.15, 0.2) is 29.1 Å². The van der Waals surface area contributed by atoms with Crippen LogP contribution >= 0.6 is 0 Å². The molecule has 1 aliphatic carbocycles. The molecule has 5 nitrogen and oxygen atoms in total. The van der Waals surface area contributed by atoms with Gasteiger partial charge in [0.25, 0.3) is 0 Å². The molecule has 1 saturated carbocycles. The first-order valence-electron chi connectivity index (χ1n) is 6.55. The van der Waals surface area contributed by atoms with Crippen molar-refractivity contribution < 1.29 is 14.6 Å². The van der Waals surface area contributed by atoms with Gasteiger partial charge in [-0.3, -0.25) is 4.79 Å². The lowest BCUT2D eigenvalue weighted by molar-refractivity contribution is 0.0684. The number of benzene rings is 1. The van der Waals surface area contributed by atoms with Crippen molar-refractivity contribution in [2.75, 3.05) is 7.11 Å². The van der Waals surface area contributed by atoms with Crippen LogP contribution in [0.1, 0.15) is 23.3 Å². The summed E-state index contributed by atoms with van der Waals surface area (Å²) in [5.41, 5.74) is 0.314. The molecule has 1 N–H and O–H groups in total. The number of carboxylic acid groups (broad SMARTS) is 1. The van der Waals surface area contributed by atoms with Gasteiger partial charge in [0, 0.05) is 18.0 Å². The molecule has 0 unspecified atom stereocenters. The minimum absolute atomic E-state index is 0.0268. The van der Waals surface area contributed by atoms with Crippen molar-refractivity contribution in [2.45, 2.75) is 19.4 Å². The first-order valence-corrected chi connectivity index (χ1v) is 6.55. The monoisotopic (exact) mass is 273 g/mol. The van der Waals surface area contributed by atoms with E-state index in [0.29, 0.717) is 29.1 Å². The van der Waals surface area contributed by atoms with Gasteiger partial charge in [-0.2, -0.15) is 0 Å². The summed E-state index contributed by atoms with van der Waals surface area (Å²) in [5.74, 6) is -0.0670. The molecule has 1 aromatic heterocycles. The smallest absolute Gasteiger partial charge is 0.352 e. The number of aromatic nitrogens is 1. The van der Waals surface area contributed by atoms with Crippen molar-refractivity contribution in [3.05, 3.63) is 40.2 Å². The summed E-state index contributed by atoms with van der Waals surface area (Å²) in [5, 5.41) is 9.84. The fraction of sp³-hybridized carbons (Fsp3) is 0.333. The van der Waals surface area contributed by atoms with Gasteiger partial charge in [0.15, 0.2) is 5.43 Å². The van der Waals surface area contributed by atoms with Crippen LogP contribution in [0.4, 0.5) is 0 Å². The van der Waals surface area contributed by atoms with Crippen molar-refractivity contribution in [3.8, 4) is 5.75 Å². The number of aromatic carboxylic acids is 1. The molecule has 5 heteroatoms. The molecular formula is C15H15NO4. The summed E-state index contributed by atoms with van der Waals surface area (Å²) in [6.45, 7) is 0.610. The zero-order valence-corrected chi connectivity index (χ0v) is 11.1. The van der Waals surface area contributed by atoms with E-state index < -0.39 is 5.97 Å². The lowest BCUT2D eigenvalue weighted by Crippen LogP contribution is -2.19. The predicted octanol–water partition coefficient (Wildman–Crippen LogP) is 2.12. The van der Waals surface area contributed by atoms with Gasteiger partial charge in [-0.25, -0.2) is 4.79 Å². The predicted molar refractivity (Wildman–Crippen MR) is 74.4 cm³/mol. The zero-order chi connectivity index (χ0) is 14.3. The molecule has 104 valence electrons. The van der Waals surface area contributed by atoms with E-state index in [-0.39, 0.29) is 11.1 Å². The van der Waals surface area contributed by atoms with Crippen molar-refractivity contribution >= 4 is 16.9 Å². The Bertz CT molecular complexity index is 743. The van der Waals surface area contributed by atoms with Gasteiger partial charge in [0.05, 0.1) is 12.6 Å². The third-order valence-corrected chi connectivity index (χ3v) is 3.67. The first kappa shape index (κ1) is 12.7.